The number of amides is 1. The summed E-state index contributed by atoms with van der Waals surface area (Å²) in [5, 5.41) is 0. The molecule has 5 heteroatoms. The number of hydrogen-bond donors (Lipinski definition) is 0. The Morgan fingerprint density at radius 3 is 2.33 bits per heavy atom. The third kappa shape index (κ3) is 6.71. The van der Waals surface area contributed by atoms with Crippen LogP contribution in [0.5, 0.6) is 0 Å². The molecule has 3 aromatic rings. The maximum absolute atomic E-state index is 12.8. The van der Waals surface area contributed by atoms with E-state index in [4.69, 9.17) is 9.97 Å². The standard InChI is InChI=1S/C31H40N4O/c1-4-5-6-7-11-17-29(36)34-18-20-35(21-19-34)31-28(23-26-14-12-13-24(2)22-26)25(3)32-30(33-31)27-15-9-8-10-16-27/h8-10,12-16,22H,4-7,11,17-21,23H2,1-3H3. The third-order valence-corrected chi connectivity index (χ3v) is 7.11. The minimum atomic E-state index is 0.301. The Labute approximate surface area is 216 Å². The maximum Gasteiger partial charge on any atom is 0.222 e. The van der Waals surface area contributed by atoms with Crippen molar-refractivity contribution in [3.8, 4) is 11.4 Å². The number of nitrogens with zero attached hydrogens (tertiary/aromatic N) is 4. The number of anilines is 1. The topological polar surface area (TPSA) is 49.3 Å². The summed E-state index contributed by atoms with van der Waals surface area (Å²) >= 11 is 0. The number of unbranched alkanes of at least 4 members (excludes halogenated alkanes) is 4. The van der Waals surface area contributed by atoms with Crippen molar-refractivity contribution in [2.75, 3.05) is 31.1 Å². The van der Waals surface area contributed by atoms with E-state index < -0.39 is 0 Å². The first kappa shape index (κ1) is 25.9. The summed E-state index contributed by atoms with van der Waals surface area (Å²) in [6.45, 7) is 9.55. The van der Waals surface area contributed by atoms with E-state index in [2.05, 4.69) is 62.1 Å². The predicted molar refractivity (Wildman–Crippen MR) is 148 cm³/mol. The van der Waals surface area contributed by atoms with Gasteiger partial charge in [-0.05, 0) is 25.8 Å². The second-order valence-corrected chi connectivity index (χ2v) is 10.00. The van der Waals surface area contributed by atoms with Gasteiger partial charge in [0.15, 0.2) is 5.82 Å². The van der Waals surface area contributed by atoms with E-state index in [0.717, 1.165) is 68.3 Å². The second-order valence-electron chi connectivity index (χ2n) is 10.00. The maximum atomic E-state index is 12.8. The van der Waals surface area contributed by atoms with Gasteiger partial charge in [0, 0.05) is 55.8 Å². The van der Waals surface area contributed by atoms with E-state index in [1.807, 2.05) is 23.1 Å². The predicted octanol–water partition coefficient (Wildman–Crippen LogP) is 6.36. The van der Waals surface area contributed by atoms with Crippen molar-refractivity contribution in [1.29, 1.82) is 0 Å². The van der Waals surface area contributed by atoms with Crippen LogP contribution >= 0.6 is 0 Å². The summed E-state index contributed by atoms with van der Waals surface area (Å²) in [5.41, 5.74) is 5.76. The van der Waals surface area contributed by atoms with Crippen molar-refractivity contribution >= 4 is 11.7 Å². The number of benzene rings is 2. The molecular weight excluding hydrogens is 444 g/mol. The quantitative estimate of drug-likeness (QED) is 0.314. The van der Waals surface area contributed by atoms with E-state index >= 15 is 0 Å². The van der Waals surface area contributed by atoms with Crippen molar-refractivity contribution in [1.82, 2.24) is 14.9 Å². The lowest BCUT2D eigenvalue weighted by atomic mass is 10.0. The van der Waals surface area contributed by atoms with Gasteiger partial charge in [0.05, 0.1) is 0 Å². The van der Waals surface area contributed by atoms with E-state index in [1.54, 1.807) is 0 Å². The zero-order chi connectivity index (χ0) is 25.3. The molecule has 1 saturated heterocycles. The molecule has 0 N–H and O–H groups in total. The average molecular weight is 485 g/mol. The van der Waals surface area contributed by atoms with Crippen LogP contribution in [0, 0.1) is 13.8 Å². The lowest BCUT2D eigenvalue weighted by Crippen LogP contribution is -2.49. The number of rotatable bonds is 10. The Balaban J connectivity index is 1.52. The van der Waals surface area contributed by atoms with Crippen LogP contribution in [-0.4, -0.2) is 47.0 Å². The summed E-state index contributed by atoms with van der Waals surface area (Å²) in [4.78, 5) is 27.2. The molecule has 190 valence electrons. The summed E-state index contributed by atoms with van der Waals surface area (Å²) in [7, 11) is 0. The van der Waals surface area contributed by atoms with Gasteiger partial charge in [-0.25, -0.2) is 9.97 Å². The highest BCUT2D eigenvalue weighted by atomic mass is 16.2. The highest BCUT2D eigenvalue weighted by molar-refractivity contribution is 5.76. The highest BCUT2D eigenvalue weighted by Gasteiger charge is 2.25. The molecule has 0 radical (unpaired) electrons. The molecule has 1 amide bonds. The van der Waals surface area contributed by atoms with Gasteiger partial charge in [-0.3, -0.25) is 4.79 Å². The van der Waals surface area contributed by atoms with Crippen LogP contribution in [0.3, 0.4) is 0 Å². The first-order chi connectivity index (χ1) is 17.5. The van der Waals surface area contributed by atoms with Crippen LogP contribution in [0.25, 0.3) is 11.4 Å². The van der Waals surface area contributed by atoms with Crippen LogP contribution in [0.15, 0.2) is 54.6 Å². The van der Waals surface area contributed by atoms with Gasteiger partial charge in [-0.1, -0.05) is 92.8 Å². The first-order valence-corrected chi connectivity index (χ1v) is 13.6. The van der Waals surface area contributed by atoms with E-state index in [9.17, 15) is 4.79 Å². The smallest absolute Gasteiger partial charge is 0.222 e. The zero-order valence-corrected chi connectivity index (χ0v) is 22.2. The molecule has 2 heterocycles. The molecular formula is C31H40N4O. The van der Waals surface area contributed by atoms with E-state index in [1.165, 1.54) is 36.0 Å². The summed E-state index contributed by atoms with van der Waals surface area (Å²) in [6, 6.07) is 18.9. The van der Waals surface area contributed by atoms with Crippen LogP contribution in [-0.2, 0) is 11.2 Å². The molecule has 0 spiro atoms. The Morgan fingerprint density at radius 2 is 1.61 bits per heavy atom. The van der Waals surface area contributed by atoms with Gasteiger partial charge >= 0.3 is 0 Å². The first-order valence-electron chi connectivity index (χ1n) is 13.6. The minimum Gasteiger partial charge on any atom is -0.353 e. The number of piperazine rings is 1. The SMILES string of the molecule is CCCCCCCC(=O)N1CCN(c2nc(-c3ccccc3)nc(C)c2Cc2cccc(C)c2)CC1. The number of aryl methyl sites for hydroxylation is 2. The minimum absolute atomic E-state index is 0.301. The third-order valence-electron chi connectivity index (χ3n) is 7.11. The Kier molecular flexibility index (Phi) is 9.10. The number of carbonyl (C=O) groups excluding carboxylic acids is 1. The molecule has 2 aromatic carbocycles. The van der Waals surface area contributed by atoms with Crippen LogP contribution in [0.1, 0.15) is 67.8 Å². The molecule has 4 rings (SSSR count). The lowest BCUT2D eigenvalue weighted by molar-refractivity contribution is -0.131. The summed E-state index contributed by atoms with van der Waals surface area (Å²) in [6.07, 6.45) is 7.37. The highest BCUT2D eigenvalue weighted by Crippen LogP contribution is 2.28. The fourth-order valence-electron chi connectivity index (χ4n) is 5.00. The van der Waals surface area contributed by atoms with Crippen LogP contribution < -0.4 is 4.90 Å². The van der Waals surface area contributed by atoms with Gasteiger partial charge < -0.3 is 9.80 Å². The molecule has 1 aliphatic heterocycles. The fourth-order valence-corrected chi connectivity index (χ4v) is 5.00. The van der Waals surface area contributed by atoms with Gasteiger partial charge in [-0.2, -0.15) is 0 Å². The lowest BCUT2D eigenvalue weighted by Gasteiger charge is -2.36. The largest absolute Gasteiger partial charge is 0.353 e. The molecule has 0 bridgehead atoms. The van der Waals surface area contributed by atoms with Crippen molar-refractivity contribution in [2.45, 2.75) is 65.7 Å². The van der Waals surface area contributed by atoms with Crippen molar-refractivity contribution < 1.29 is 4.79 Å². The van der Waals surface area contributed by atoms with Gasteiger partial charge in [0.2, 0.25) is 5.91 Å². The summed E-state index contributed by atoms with van der Waals surface area (Å²) < 4.78 is 0. The van der Waals surface area contributed by atoms with Gasteiger partial charge in [0.1, 0.15) is 5.82 Å². The van der Waals surface area contributed by atoms with E-state index in [0.29, 0.717) is 12.3 Å². The molecule has 0 aliphatic carbocycles. The number of carbonyl (C=O) groups is 1. The number of aromatic nitrogens is 2. The van der Waals surface area contributed by atoms with Crippen LogP contribution in [0.4, 0.5) is 5.82 Å². The monoisotopic (exact) mass is 484 g/mol. The van der Waals surface area contributed by atoms with Crippen LogP contribution in [0.2, 0.25) is 0 Å². The van der Waals surface area contributed by atoms with Gasteiger partial charge in [0.25, 0.3) is 0 Å². The normalized spacial score (nSPS) is 13.8. The zero-order valence-electron chi connectivity index (χ0n) is 22.2. The molecule has 1 aliphatic rings. The molecule has 0 atom stereocenters. The summed E-state index contributed by atoms with van der Waals surface area (Å²) in [5.74, 6) is 2.08. The average Bonchev–Trinajstić information content (AvgIpc) is 2.90. The van der Waals surface area contributed by atoms with Crippen molar-refractivity contribution in [2.24, 2.45) is 0 Å². The van der Waals surface area contributed by atoms with E-state index in [-0.39, 0.29) is 0 Å². The molecule has 36 heavy (non-hydrogen) atoms. The number of hydrogen-bond acceptors (Lipinski definition) is 4. The molecule has 1 fully saturated rings. The Bertz CT molecular complexity index is 1140. The van der Waals surface area contributed by atoms with Crippen molar-refractivity contribution in [3.63, 3.8) is 0 Å². The second kappa shape index (κ2) is 12.7. The molecule has 1 aromatic heterocycles. The molecule has 0 unspecified atom stereocenters. The Hall–Kier alpha value is -3.21. The van der Waals surface area contributed by atoms with Crippen molar-refractivity contribution in [3.05, 3.63) is 77.0 Å². The molecule has 5 nitrogen and oxygen atoms in total. The van der Waals surface area contributed by atoms with Gasteiger partial charge in [-0.15, -0.1) is 0 Å². The molecule has 0 saturated carbocycles. The Morgan fingerprint density at radius 1 is 0.861 bits per heavy atom. The fraction of sp³-hybridized carbons (Fsp3) is 0.452.